The van der Waals surface area contributed by atoms with Gasteiger partial charge in [0.25, 0.3) is 0 Å². The second-order valence-corrected chi connectivity index (χ2v) is 8.94. The zero-order valence-electron chi connectivity index (χ0n) is 17.7. The number of nitrogens with one attached hydrogen (secondary N) is 1. The first-order valence-electron chi connectivity index (χ1n) is 11.2. The number of benzene rings is 3. The normalized spacial score (nSPS) is 18.9. The number of fused-ring (bicyclic) bond motifs is 4. The lowest BCUT2D eigenvalue weighted by Crippen LogP contribution is -2.38. The summed E-state index contributed by atoms with van der Waals surface area (Å²) in [6.07, 6.45) is 1.95. The van der Waals surface area contributed by atoms with E-state index in [1.165, 1.54) is 33.4 Å². The molecule has 1 saturated heterocycles. The third-order valence-corrected chi connectivity index (χ3v) is 6.91. The van der Waals surface area contributed by atoms with Gasteiger partial charge >= 0.3 is 6.09 Å². The summed E-state index contributed by atoms with van der Waals surface area (Å²) >= 11 is 0. The van der Waals surface area contributed by atoms with E-state index >= 15 is 0 Å². The van der Waals surface area contributed by atoms with Crippen LogP contribution in [0.2, 0.25) is 0 Å². The second kappa shape index (κ2) is 7.52. The summed E-state index contributed by atoms with van der Waals surface area (Å²) in [4.78, 5) is 27.0. The standard InChI is InChI=1S/C27H24N2O3/c30-26-15-23(16-29(26)22-13-17-5-1-2-6-18(17)14-22)32-27(31)28-21-9-10-25-20(12-21)11-19-7-3-4-8-24(19)25/h1-10,12,22-23H,11,13-16H2,(H,28,31). The Morgan fingerprint density at radius 3 is 2.31 bits per heavy atom. The Hall–Kier alpha value is -3.60. The molecule has 0 saturated carbocycles. The molecule has 2 aliphatic carbocycles. The Balaban J connectivity index is 1.08. The minimum atomic E-state index is -0.505. The van der Waals surface area contributed by atoms with E-state index in [-0.39, 0.29) is 18.4 Å². The van der Waals surface area contributed by atoms with Gasteiger partial charge in [-0.15, -0.1) is 0 Å². The predicted octanol–water partition coefficient (Wildman–Crippen LogP) is 4.57. The van der Waals surface area contributed by atoms with Gasteiger partial charge in [0.2, 0.25) is 5.91 Å². The van der Waals surface area contributed by atoms with Gasteiger partial charge in [-0.2, -0.15) is 0 Å². The van der Waals surface area contributed by atoms with Crippen LogP contribution in [0.1, 0.15) is 28.7 Å². The van der Waals surface area contributed by atoms with Crippen molar-refractivity contribution in [2.75, 3.05) is 11.9 Å². The van der Waals surface area contributed by atoms with Gasteiger partial charge in [-0.25, -0.2) is 4.79 Å². The molecule has 160 valence electrons. The molecule has 1 aliphatic heterocycles. The zero-order valence-corrected chi connectivity index (χ0v) is 17.7. The van der Waals surface area contributed by atoms with Crippen molar-refractivity contribution in [3.63, 3.8) is 0 Å². The van der Waals surface area contributed by atoms with Gasteiger partial charge in [-0.3, -0.25) is 10.1 Å². The Morgan fingerprint density at radius 1 is 0.844 bits per heavy atom. The van der Waals surface area contributed by atoms with Crippen LogP contribution in [0.25, 0.3) is 11.1 Å². The first-order valence-corrected chi connectivity index (χ1v) is 11.2. The number of rotatable bonds is 3. The lowest BCUT2D eigenvalue weighted by Gasteiger charge is -2.24. The minimum absolute atomic E-state index is 0.0656. The fraction of sp³-hybridized carbons (Fsp3) is 0.259. The molecule has 2 amide bonds. The molecule has 1 N–H and O–H groups in total. The van der Waals surface area contributed by atoms with E-state index in [0.717, 1.165) is 19.3 Å². The SMILES string of the molecule is O=C(Nc1ccc2c(c1)Cc1ccccc1-2)OC1CC(=O)N(C2Cc3ccccc3C2)C1. The van der Waals surface area contributed by atoms with Gasteiger partial charge in [-0.1, -0.05) is 54.6 Å². The maximum atomic E-state index is 12.6. The number of hydrogen-bond donors (Lipinski definition) is 1. The molecule has 1 heterocycles. The van der Waals surface area contributed by atoms with Gasteiger partial charge in [0.15, 0.2) is 0 Å². The van der Waals surface area contributed by atoms with Crippen LogP contribution in [-0.4, -0.2) is 35.6 Å². The molecule has 6 rings (SSSR count). The molecule has 5 heteroatoms. The van der Waals surface area contributed by atoms with E-state index in [4.69, 9.17) is 4.74 Å². The highest BCUT2D eigenvalue weighted by Crippen LogP contribution is 2.37. The Morgan fingerprint density at radius 2 is 1.53 bits per heavy atom. The van der Waals surface area contributed by atoms with Crippen LogP contribution in [0.3, 0.4) is 0 Å². The number of nitrogens with zero attached hydrogens (tertiary/aromatic N) is 1. The van der Waals surface area contributed by atoms with Crippen LogP contribution in [0.4, 0.5) is 10.5 Å². The van der Waals surface area contributed by atoms with E-state index in [1.54, 1.807) is 0 Å². The third kappa shape index (κ3) is 3.34. The fourth-order valence-electron chi connectivity index (χ4n) is 5.41. The molecule has 0 radical (unpaired) electrons. The smallest absolute Gasteiger partial charge is 0.411 e. The number of ether oxygens (including phenoxy) is 1. The van der Waals surface area contributed by atoms with Crippen LogP contribution in [0, 0.1) is 0 Å². The molecule has 0 bridgehead atoms. The van der Waals surface area contributed by atoms with Crippen molar-refractivity contribution in [1.29, 1.82) is 0 Å². The van der Waals surface area contributed by atoms with Gasteiger partial charge in [-0.05, 0) is 64.8 Å². The van der Waals surface area contributed by atoms with Gasteiger partial charge < -0.3 is 9.64 Å². The lowest BCUT2D eigenvalue weighted by molar-refractivity contribution is -0.129. The summed E-state index contributed by atoms with van der Waals surface area (Å²) < 4.78 is 5.62. The first-order chi connectivity index (χ1) is 15.6. The zero-order chi connectivity index (χ0) is 21.7. The van der Waals surface area contributed by atoms with Gasteiger partial charge in [0.1, 0.15) is 6.10 Å². The van der Waals surface area contributed by atoms with Crippen molar-refractivity contribution in [2.24, 2.45) is 0 Å². The number of amides is 2. The molecule has 32 heavy (non-hydrogen) atoms. The molecule has 5 nitrogen and oxygen atoms in total. The summed E-state index contributed by atoms with van der Waals surface area (Å²) in [6.45, 7) is 0.463. The molecule has 1 atom stereocenters. The second-order valence-electron chi connectivity index (χ2n) is 8.94. The molecule has 3 aromatic rings. The van der Waals surface area contributed by atoms with Crippen LogP contribution in [0.5, 0.6) is 0 Å². The highest BCUT2D eigenvalue weighted by atomic mass is 16.6. The molecule has 3 aliphatic rings. The van der Waals surface area contributed by atoms with Crippen molar-refractivity contribution in [2.45, 2.75) is 37.8 Å². The average molecular weight is 425 g/mol. The highest BCUT2D eigenvalue weighted by molar-refractivity contribution is 5.88. The van der Waals surface area contributed by atoms with E-state index < -0.39 is 12.2 Å². The molecule has 1 unspecified atom stereocenters. The van der Waals surface area contributed by atoms with E-state index in [0.29, 0.717) is 12.2 Å². The number of likely N-dealkylation sites (tertiary alicyclic amines) is 1. The fourth-order valence-corrected chi connectivity index (χ4v) is 5.41. The third-order valence-electron chi connectivity index (χ3n) is 6.91. The monoisotopic (exact) mass is 424 g/mol. The average Bonchev–Trinajstić information content (AvgIpc) is 3.47. The molecular formula is C27H24N2O3. The summed E-state index contributed by atoms with van der Waals surface area (Å²) in [5.74, 6) is 0.0656. The topological polar surface area (TPSA) is 58.6 Å². The maximum absolute atomic E-state index is 12.6. The number of anilines is 1. The molecule has 1 fully saturated rings. The molecular weight excluding hydrogens is 400 g/mol. The Labute approximate surface area is 187 Å². The number of carbonyl (C=O) groups excluding carboxylic acids is 2. The highest BCUT2D eigenvalue weighted by Gasteiger charge is 2.38. The molecule has 3 aromatic carbocycles. The van der Waals surface area contributed by atoms with Crippen LogP contribution >= 0.6 is 0 Å². The van der Waals surface area contributed by atoms with E-state index in [9.17, 15) is 9.59 Å². The summed E-state index contributed by atoms with van der Waals surface area (Å²) in [5.41, 5.74) is 8.32. The first kappa shape index (κ1) is 19.1. The molecule has 0 aromatic heterocycles. The summed E-state index contributed by atoms with van der Waals surface area (Å²) in [5, 5.41) is 2.85. The summed E-state index contributed by atoms with van der Waals surface area (Å²) in [6, 6.07) is 22.9. The predicted molar refractivity (Wildman–Crippen MR) is 123 cm³/mol. The van der Waals surface area contributed by atoms with Crippen molar-refractivity contribution < 1.29 is 14.3 Å². The van der Waals surface area contributed by atoms with Crippen molar-refractivity contribution in [1.82, 2.24) is 4.90 Å². The van der Waals surface area contributed by atoms with Crippen LogP contribution < -0.4 is 5.32 Å². The molecule has 0 spiro atoms. The van der Waals surface area contributed by atoms with E-state index in [1.807, 2.05) is 35.2 Å². The van der Waals surface area contributed by atoms with Crippen molar-refractivity contribution in [3.8, 4) is 11.1 Å². The number of hydrogen-bond acceptors (Lipinski definition) is 3. The summed E-state index contributed by atoms with van der Waals surface area (Å²) in [7, 11) is 0. The van der Waals surface area contributed by atoms with Gasteiger partial charge in [0, 0.05) is 11.7 Å². The largest absolute Gasteiger partial charge is 0.444 e. The lowest BCUT2D eigenvalue weighted by atomic mass is 10.1. The maximum Gasteiger partial charge on any atom is 0.411 e. The number of carbonyl (C=O) groups is 2. The van der Waals surface area contributed by atoms with Crippen molar-refractivity contribution in [3.05, 3.63) is 89.0 Å². The quantitative estimate of drug-likeness (QED) is 0.524. The van der Waals surface area contributed by atoms with Gasteiger partial charge in [0.05, 0.1) is 13.0 Å². The van der Waals surface area contributed by atoms with Crippen molar-refractivity contribution >= 4 is 17.7 Å². The minimum Gasteiger partial charge on any atom is -0.444 e. The Kier molecular flexibility index (Phi) is 4.49. The van der Waals surface area contributed by atoms with Crippen LogP contribution in [0.15, 0.2) is 66.7 Å². The van der Waals surface area contributed by atoms with Crippen LogP contribution in [-0.2, 0) is 28.8 Å². The Bertz CT molecular complexity index is 1210. The van der Waals surface area contributed by atoms with E-state index in [2.05, 4.69) is 41.7 Å².